The number of hydrogen-bond donors (Lipinski definition) is 0. The minimum atomic E-state index is -1.10. The molecule has 0 bridgehead atoms. The highest BCUT2D eigenvalue weighted by Gasteiger charge is 2.23. The Morgan fingerprint density at radius 1 is 1.10 bits per heavy atom. The van der Waals surface area contributed by atoms with E-state index in [9.17, 15) is 13.6 Å². The Kier molecular flexibility index (Phi) is 4.82. The predicted molar refractivity (Wildman–Crippen MR) is 72.0 cm³/mol. The summed E-state index contributed by atoms with van der Waals surface area (Å²) in [7, 11) is 0. The molecule has 104 valence electrons. The van der Waals surface area contributed by atoms with E-state index in [2.05, 4.69) is 0 Å². The quantitative estimate of drug-likeness (QED) is 0.767. The Morgan fingerprint density at radius 3 is 2.25 bits per heavy atom. The van der Waals surface area contributed by atoms with E-state index in [0.29, 0.717) is 10.6 Å². The molecule has 2 aromatic rings. The van der Waals surface area contributed by atoms with E-state index in [1.165, 1.54) is 24.3 Å². The van der Waals surface area contributed by atoms with Gasteiger partial charge in [-0.05, 0) is 42.0 Å². The van der Waals surface area contributed by atoms with Gasteiger partial charge >= 0.3 is 0 Å². The van der Waals surface area contributed by atoms with Crippen molar-refractivity contribution in [2.45, 2.75) is 6.10 Å². The van der Waals surface area contributed by atoms with Gasteiger partial charge in [-0.2, -0.15) is 0 Å². The number of ketones is 1. The number of alkyl halides is 1. The van der Waals surface area contributed by atoms with Gasteiger partial charge in [0.15, 0.2) is 12.6 Å². The van der Waals surface area contributed by atoms with Gasteiger partial charge in [-0.25, -0.2) is 8.78 Å². The normalized spacial score (nSPS) is 12.2. The molecule has 1 unspecified atom stereocenters. The van der Waals surface area contributed by atoms with Crippen molar-refractivity contribution in [2.75, 3.05) is 6.86 Å². The number of rotatable bonds is 5. The van der Waals surface area contributed by atoms with Crippen LogP contribution in [0, 0.1) is 5.82 Å². The molecule has 0 aliphatic heterocycles. The van der Waals surface area contributed by atoms with E-state index < -0.39 is 24.6 Å². The van der Waals surface area contributed by atoms with Gasteiger partial charge in [-0.1, -0.05) is 23.7 Å². The van der Waals surface area contributed by atoms with Gasteiger partial charge < -0.3 is 4.74 Å². The van der Waals surface area contributed by atoms with Crippen LogP contribution in [0.1, 0.15) is 22.0 Å². The first-order chi connectivity index (χ1) is 9.61. The lowest BCUT2D eigenvalue weighted by Gasteiger charge is -2.15. The molecule has 0 spiro atoms. The molecule has 0 amide bonds. The standard InChI is InChI=1S/C15H11ClF2O2/c16-12-5-1-11(2-6-12)15(20-9-17)14(19)10-3-7-13(18)8-4-10/h1-8,15H,9H2. The first-order valence-corrected chi connectivity index (χ1v) is 6.22. The average molecular weight is 297 g/mol. The highest BCUT2D eigenvalue weighted by Crippen LogP contribution is 2.24. The topological polar surface area (TPSA) is 26.3 Å². The summed E-state index contributed by atoms with van der Waals surface area (Å²) in [5.41, 5.74) is 0.737. The second-order valence-electron chi connectivity index (χ2n) is 4.08. The molecule has 2 rings (SSSR count). The van der Waals surface area contributed by atoms with Crippen LogP contribution in [-0.4, -0.2) is 12.6 Å². The summed E-state index contributed by atoms with van der Waals surface area (Å²) in [6, 6.07) is 11.4. The highest BCUT2D eigenvalue weighted by molar-refractivity contribution is 6.30. The second-order valence-corrected chi connectivity index (χ2v) is 4.51. The van der Waals surface area contributed by atoms with Crippen LogP contribution < -0.4 is 0 Å². The zero-order valence-corrected chi connectivity index (χ0v) is 11.1. The van der Waals surface area contributed by atoms with Crippen molar-refractivity contribution in [3.63, 3.8) is 0 Å². The zero-order chi connectivity index (χ0) is 14.5. The molecule has 0 N–H and O–H groups in total. The molecule has 20 heavy (non-hydrogen) atoms. The first-order valence-electron chi connectivity index (χ1n) is 5.84. The molecule has 1 atom stereocenters. The van der Waals surface area contributed by atoms with E-state index >= 15 is 0 Å². The molecular formula is C15H11ClF2O2. The molecule has 5 heteroatoms. The predicted octanol–water partition coefficient (Wildman–Crippen LogP) is 4.35. The Morgan fingerprint density at radius 2 is 1.70 bits per heavy atom. The molecule has 2 nitrogen and oxygen atoms in total. The molecule has 0 aliphatic carbocycles. The third kappa shape index (κ3) is 3.40. The number of benzene rings is 2. The third-order valence-corrected chi connectivity index (χ3v) is 3.02. The molecule has 2 aromatic carbocycles. The average Bonchev–Trinajstić information content (AvgIpc) is 2.46. The smallest absolute Gasteiger partial charge is 0.196 e. The zero-order valence-electron chi connectivity index (χ0n) is 10.4. The van der Waals surface area contributed by atoms with Gasteiger partial charge in [0.1, 0.15) is 11.9 Å². The van der Waals surface area contributed by atoms with E-state index in [1.54, 1.807) is 24.3 Å². The van der Waals surface area contributed by atoms with E-state index in [1.807, 2.05) is 0 Å². The molecular weight excluding hydrogens is 286 g/mol. The molecule has 0 radical (unpaired) electrons. The summed E-state index contributed by atoms with van der Waals surface area (Å²) in [6.45, 7) is -1.10. The third-order valence-electron chi connectivity index (χ3n) is 2.77. The van der Waals surface area contributed by atoms with Crippen LogP contribution in [0.25, 0.3) is 0 Å². The Balaban J connectivity index is 2.30. The largest absolute Gasteiger partial charge is 0.334 e. The monoisotopic (exact) mass is 296 g/mol. The van der Waals surface area contributed by atoms with E-state index in [4.69, 9.17) is 16.3 Å². The Labute approximate surface area is 119 Å². The van der Waals surface area contributed by atoms with Crippen molar-refractivity contribution < 1.29 is 18.3 Å². The summed E-state index contributed by atoms with van der Waals surface area (Å²) in [5, 5.41) is 0.502. The molecule has 0 aliphatic rings. The highest BCUT2D eigenvalue weighted by atomic mass is 35.5. The fourth-order valence-corrected chi connectivity index (χ4v) is 1.92. The first kappa shape index (κ1) is 14.6. The van der Waals surface area contributed by atoms with Gasteiger partial charge in [0, 0.05) is 10.6 Å². The van der Waals surface area contributed by atoms with Crippen LogP contribution in [0.2, 0.25) is 5.02 Å². The Bertz CT molecular complexity index is 582. The van der Waals surface area contributed by atoms with Crippen LogP contribution in [0.3, 0.4) is 0 Å². The van der Waals surface area contributed by atoms with Crippen LogP contribution in [0.5, 0.6) is 0 Å². The summed E-state index contributed by atoms with van der Waals surface area (Å²) in [6.07, 6.45) is -1.08. The van der Waals surface area contributed by atoms with Crippen molar-refractivity contribution in [2.24, 2.45) is 0 Å². The second kappa shape index (κ2) is 6.59. The molecule has 0 fully saturated rings. The van der Waals surface area contributed by atoms with Crippen molar-refractivity contribution in [1.29, 1.82) is 0 Å². The number of ether oxygens (including phenoxy) is 1. The molecule has 0 aromatic heterocycles. The summed E-state index contributed by atoms with van der Waals surface area (Å²) in [5.74, 6) is -0.888. The molecule has 0 saturated carbocycles. The van der Waals surface area contributed by atoms with Crippen molar-refractivity contribution in [3.05, 3.63) is 70.5 Å². The fourth-order valence-electron chi connectivity index (χ4n) is 1.79. The van der Waals surface area contributed by atoms with Gasteiger partial charge in [-0.3, -0.25) is 4.79 Å². The summed E-state index contributed by atoms with van der Waals surface area (Å²) >= 11 is 5.77. The maximum atomic E-state index is 12.8. The number of Topliss-reactive ketones (excluding diaryl/α,β-unsaturated/α-hetero) is 1. The maximum absolute atomic E-state index is 12.8. The van der Waals surface area contributed by atoms with Gasteiger partial charge in [-0.15, -0.1) is 0 Å². The van der Waals surface area contributed by atoms with Crippen LogP contribution in [0.15, 0.2) is 48.5 Å². The van der Waals surface area contributed by atoms with Crippen molar-refractivity contribution >= 4 is 17.4 Å². The van der Waals surface area contributed by atoms with Gasteiger partial charge in [0.2, 0.25) is 0 Å². The number of carbonyl (C=O) groups is 1. The number of carbonyl (C=O) groups excluding carboxylic acids is 1. The maximum Gasteiger partial charge on any atom is 0.196 e. The fraction of sp³-hybridized carbons (Fsp3) is 0.133. The lowest BCUT2D eigenvalue weighted by Crippen LogP contribution is -2.16. The van der Waals surface area contributed by atoms with Crippen molar-refractivity contribution in [3.8, 4) is 0 Å². The van der Waals surface area contributed by atoms with E-state index in [-0.39, 0.29) is 5.56 Å². The molecule has 0 heterocycles. The van der Waals surface area contributed by atoms with Crippen molar-refractivity contribution in [1.82, 2.24) is 0 Å². The summed E-state index contributed by atoms with van der Waals surface area (Å²) < 4.78 is 30.2. The van der Waals surface area contributed by atoms with Crippen LogP contribution in [-0.2, 0) is 4.74 Å². The van der Waals surface area contributed by atoms with Crippen LogP contribution in [0.4, 0.5) is 8.78 Å². The molecule has 0 saturated heterocycles. The SMILES string of the molecule is O=C(c1ccc(F)cc1)C(OCF)c1ccc(Cl)cc1. The van der Waals surface area contributed by atoms with E-state index in [0.717, 1.165) is 0 Å². The Hall–Kier alpha value is -1.78. The number of hydrogen-bond acceptors (Lipinski definition) is 2. The van der Waals surface area contributed by atoms with Gasteiger partial charge in [0.25, 0.3) is 0 Å². The van der Waals surface area contributed by atoms with Crippen LogP contribution >= 0.6 is 11.6 Å². The minimum Gasteiger partial charge on any atom is -0.334 e. The number of halogens is 3. The lowest BCUT2D eigenvalue weighted by atomic mass is 10.00. The van der Waals surface area contributed by atoms with Gasteiger partial charge in [0.05, 0.1) is 0 Å². The minimum absolute atomic E-state index is 0.250. The lowest BCUT2D eigenvalue weighted by molar-refractivity contribution is 0.00154. The summed E-state index contributed by atoms with van der Waals surface area (Å²) in [4.78, 5) is 12.3.